The lowest BCUT2D eigenvalue weighted by Gasteiger charge is -2.10. The Morgan fingerprint density at radius 1 is 1.11 bits per heavy atom. The van der Waals surface area contributed by atoms with Gasteiger partial charge in [-0.25, -0.2) is 9.67 Å². The van der Waals surface area contributed by atoms with Crippen LogP contribution in [0.5, 0.6) is 0 Å². The van der Waals surface area contributed by atoms with Gasteiger partial charge in [0.1, 0.15) is 5.69 Å². The molecule has 1 amide bonds. The summed E-state index contributed by atoms with van der Waals surface area (Å²) in [5.41, 5.74) is 3.22. The lowest BCUT2D eigenvalue weighted by atomic mass is 10.2. The Hall–Kier alpha value is -3.41. The summed E-state index contributed by atoms with van der Waals surface area (Å²) in [5.74, 6) is -0.159. The largest absolute Gasteiger partial charge is 0.339 e. The van der Waals surface area contributed by atoms with Gasteiger partial charge in [-0.1, -0.05) is 30.3 Å². The molecule has 0 unspecified atom stereocenters. The minimum absolute atomic E-state index is 0.159. The average molecular weight is 359 g/mol. The minimum atomic E-state index is -0.159. The fourth-order valence-corrected chi connectivity index (χ4v) is 3.12. The normalized spacial score (nSPS) is 11.2. The first-order valence-corrected chi connectivity index (χ1v) is 8.95. The molecular formula is C21H21N5O. The zero-order valence-electron chi connectivity index (χ0n) is 15.3. The van der Waals surface area contributed by atoms with Crippen molar-refractivity contribution >= 4 is 22.6 Å². The van der Waals surface area contributed by atoms with E-state index in [1.807, 2.05) is 64.0 Å². The van der Waals surface area contributed by atoms with E-state index >= 15 is 0 Å². The van der Waals surface area contributed by atoms with Crippen LogP contribution in [0.15, 0.2) is 67.1 Å². The molecule has 0 fully saturated rings. The van der Waals surface area contributed by atoms with Crippen molar-refractivity contribution in [3.8, 4) is 0 Å². The molecule has 136 valence electrons. The van der Waals surface area contributed by atoms with Gasteiger partial charge < -0.3 is 9.88 Å². The van der Waals surface area contributed by atoms with Crippen molar-refractivity contribution in [3.05, 3.63) is 78.4 Å². The summed E-state index contributed by atoms with van der Waals surface area (Å²) in [6.07, 6.45) is 5.36. The van der Waals surface area contributed by atoms with Crippen molar-refractivity contribution in [3.63, 3.8) is 0 Å². The molecule has 3 heterocycles. The number of anilines is 1. The van der Waals surface area contributed by atoms with E-state index in [-0.39, 0.29) is 11.9 Å². The van der Waals surface area contributed by atoms with E-state index in [2.05, 4.69) is 29.2 Å². The van der Waals surface area contributed by atoms with E-state index in [1.165, 1.54) is 0 Å². The molecule has 1 aromatic carbocycles. The zero-order valence-corrected chi connectivity index (χ0v) is 15.3. The van der Waals surface area contributed by atoms with Crippen LogP contribution in [0.25, 0.3) is 11.0 Å². The number of pyridine rings is 1. The average Bonchev–Trinajstić information content (AvgIpc) is 3.29. The number of carbonyl (C=O) groups is 1. The van der Waals surface area contributed by atoms with Gasteiger partial charge in [-0.15, -0.1) is 0 Å². The van der Waals surface area contributed by atoms with E-state index in [0.29, 0.717) is 17.9 Å². The monoisotopic (exact) mass is 359 g/mol. The number of hydrogen-bond donors (Lipinski definition) is 1. The maximum atomic E-state index is 12.8. The SMILES string of the molecule is CC(C)n1ncc2cc(NC(=O)c3cccn3Cc3ccccc3)cnc21. The second-order valence-electron chi connectivity index (χ2n) is 6.78. The molecule has 0 bridgehead atoms. The highest BCUT2D eigenvalue weighted by Crippen LogP contribution is 2.20. The van der Waals surface area contributed by atoms with Crippen LogP contribution in [0.1, 0.15) is 35.9 Å². The van der Waals surface area contributed by atoms with Crippen molar-refractivity contribution in [2.45, 2.75) is 26.4 Å². The number of amides is 1. The summed E-state index contributed by atoms with van der Waals surface area (Å²) < 4.78 is 3.80. The topological polar surface area (TPSA) is 64.7 Å². The van der Waals surface area contributed by atoms with Crippen LogP contribution in [0.4, 0.5) is 5.69 Å². The van der Waals surface area contributed by atoms with E-state index in [4.69, 9.17) is 0 Å². The van der Waals surface area contributed by atoms with E-state index in [0.717, 1.165) is 16.6 Å². The smallest absolute Gasteiger partial charge is 0.272 e. The number of nitrogens with zero attached hydrogens (tertiary/aromatic N) is 4. The summed E-state index contributed by atoms with van der Waals surface area (Å²) in [4.78, 5) is 17.2. The van der Waals surface area contributed by atoms with Crippen molar-refractivity contribution < 1.29 is 4.79 Å². The van der Waals surface area contributed by atoms with Crippen LogP contribution >= 0.6 is 0 Å². The molecule has 1 N–H and O–H groups in total. The highest BCUT2D eigenvalue weighted by atomic mass is 16.1. The first-order valence-electron chi connectivity index (χ1n) is 8.95. The lowest BCUT2D eigenvalue weighted by molar-refractivity contribution is 0.101. The molecule has 6 heteroatoms. The first kappa shape index (κ1) is 17.0. The van der Waals surface area contributed by atoms with E-state index < -0.39 is 0 Å². The number of fused-ring (bicyclic) bond motifs is 1. The van der Waals surface area contributed by atoms with Gasteiger partial charge in [0.15, 0.2) is 5.65 Å². The van der Waals surface area contributed by atoms with Gasteiger partial charge in [-0.2, -0.15) is 5.10 Å². The van der Waals surface area contributed by atoms with Gasteiger partial charge in [-0.3, -0.25) is 4.79 Å². The van der Waals surface area contributed by atoms with Crippen molar-refractivity contribution in [2.75, 3.05) is 5.32 Å². The van der Waals surface area contributed by atoms with Crippen LogP contribution in [-0.4, -0.2) is 25.2 Å². The molecule has 0 saturated heterocycles. The molecule has 0 aliphatic rings. The molecule has 4 rings (SSSR count). The van der Waals surface area contributed by atoms with E-state index in [1.54, 1.807) is 12.4 Å². The number of benzene rings is 1. The molecular weight excluding hydrogens is 338 g/mol. The second kappa shape index (κ2) is 7.07. The number of aromatic nitrogens is 4. The molecule has 0 atom stereocenters. The Balaban J connectivity index is 1.55. The van der Waals surface area contributed by atoms with Crippen LogP contribution in [0.3, 0.4) is 0 Å². The molecule has 0 saturated carbocycles. The summed E-state index contributed by atoms with van der Waals surface area (Å²) in [6.45, 7) is 4.77. The predicted molar refractivity (Wildman–Crippen MR) is 106 cm³/mol. The molecule has 27 heavy (non-hydrogen) atoms. The predicted octanol–water partition coefficient (Wildman–Crippen LogP) is 4.11. The third-order valence-electron chi connectivity index (χ3n) is 4.44. The molecule has 0 aliphatic heterocycles. The molecule has 4 aromatic rings. The molecule has 6 nitrogen and oxygen atoms in total. The minimum Gasteiger partial charge on any atom is -0.339 e. The third kappa shape index (κ3) is 3.46. The van der Waals surface area contributed by atoms with Gasteiger partial charge in [0, 0.05) is 24.2 Å². The Kier molecular flexibility index (Phi) is 4.46. The summed E-state index contributed by atoms with van der Waals surface area (Å²) in [5, 5.41) is 8.21. The Bertz CT molecular complexity index is 1080. The second-order valence-corrected chi connectivity index (χ2v) is 6.78. The maximum absolute atomic E-state index is 12.8. The third-order valence-corrected chi connectivity index (χ3v) is 4.44. The fraction of sp³-hybridized carbons (Fsp3) is 0.190. The summed E-state index contributed by atoms with van der Waals surface area (Å²) in [7, 11) is 0. The quantitative estimate of drug-likeness (QED) is 0.583. The fourth-order valence-electron chi connectivity index (χ4n) is 3.12. The number of nitrogens with one attached hydrogen (secondary N) is 1. The van der Waals surface area contributed by atoms with Crippen LogP contribution in [-0.2, 0) is 6.54 Å². The van der Waals surface area contributed by atoms with Crippen molar-refractivity contribution in [2.24, 2.45) is 0 Å². The van der Waals surface area contributed by atoms with Gasteiger partial charge in [-0.05, 0) is 37.6 Å². The van der Waals surface area contributed by atoms with Gasteiger partial charge in [0.2, 0.25) is 0 Å². The Morgan fingerprint density at radius 3 is 2.70 bits per heavy atom. The number of hydrogen-bond acceptors (Lipinski definition) is 3. The lowest BCUT2D eigenvalue weighted by Crippen LogP contribution is -2.17. The van der Waals surface area contributed by atoms with Crippen molar-refractivity contribution in [1.82, 2.24) is 19.3 Å². The molecule has 0 aliphatic carbocycles. The molecule has 0 radical (unpaired) electrons. The standard InChI is InChI=1S/C21H21N5O/c1-15(2)26-20-17(12-23-26)11-18(13-22-20)24-21(27)19-9-6-10-25(19)14-16-7-4-3-5-8-16/h3-13,15H,14H2,1-2H3,(H,24,27). The summed E-state index contributed by atoms with van der Waals surface area (Å²) in [6, 6.07) is 15.9. The maximum Gasteiger partial charge on any atom is 0.272 e. The van der Waals surface area contributed by atoms with E-state index in [9.17, 15) is 4.79 Å². The zero-order chi connectivity index (χ0) is 18.8. The first-order chi connectivity index (χ1) is 13.1. The highest BCUT2D eigenvalue weighted by molar-refractivity contribution is 6.03. The molecule has 0 spiro atoms. The van der Waals surface area contributed by atoms with Gasteiger partial charge in [0.05, 0.1) is 18.1 Å². The number of rotatable bonds is 5. The van der Waals surface area contributed by atoms with Crippen LogP contribution in [0.2, 0.25) is 0 Å². The Morgan fingerprint density at radius 2 is 1.93 bits per heavy atom. The highest BCUT2D eigenvalue weighted by Gasteiger charge is 2.13. The van der Waals surface area contributed by atoms with Gasteiger partial charge >= 0.3 is 0 Å². The van der Waals surface area contributed by atoms with Crippen LogP contribution < -0.4 is 5.32 Å². The molecule has 3 aromatic heterocycles. The van der Waals surface area contributed by atoms with Crippen LogP contribution in [0, 0.1) is 0 Å². The Labute approximate surface area is 157 Å². The summed E-state index contributed by atoms with van der Waals surface area (Å²) >= 11 is 0. The van der Waals surface area contributed by atoms with Crippen molar-refractivity contribution in [1.29, 1.82) is 0 Å². The van der Waals surface area contributed by atoms with Gasteiger partial charge in [0.25, 0.3) is 5.91 Å². The number of carbonyl (C=O) groups excluding carboxylic acids is 1.